The molecule has 3 saturated carbocycles. The van der Waals surface area contributed by atoms with E-state index in [4.69, 9.17) is 9.47 Å². The highest BCUT2D eigenvalue weighted by molar-refractivity contribution is 5.77. The van der Waals surface area contributed by atoms with Crippen molar-refractivity contribution in [3.63, 3.8) is 0 Å². The molecular weight excluding hydrogens is 913 g/mol. The average Bonchev–Trinajstić information content (AvgIpc) is 3.91. The molecule has 6 aliphatic carbocycles. The Kier molecular flexibility index (Phi) is 18.3. The largest absolute Gasteiger partial charge is 0.508 e. The summed E-state index contributed by atoms with van der Waals surface area (Å²) in [4.78, 5) is 11.4. The fourth-order valence-electron chi connectivity index (χ4n) is 16.1. The third-order valence-electron chi connectivity index (χ3n) is 19.8. The van der Waals surface area contributed by atoms with E-state index in [1.807, 2.05) is 18.2 Å². The number of hydrogen-bond donors (Lipinski definition) is 3. The molecule has 6 aliphatic rings. The van der Waals surface area contributed by atoms with Gasteiger partial charge in [-0.1, -0.05) is 163 Å². The number of allylic oxidation sites excluding steroid dienone is 3. The second kappa shape index (κ2) is 25.0. The van der Waals surface area contributed by atoms with Crippen LogP contribution in [0.25, 0.3) is 5.57 Å². The van der Waals surface area contributed by atoms with Crippen LogP contribution in [0.2, 0.25) is 0 Å². The molecule has 0 aliphatic heterocycles. The lowest BCUT2D eigenvalue weighted by Gasteiger charge is -2.54. The van der Waals surface area contributed by atoms with E-state index in [0.29, 0.717) is 60.6 Å². The van der Waals surface area contributed by atoms with Gasteiger partial charge in [-0.3, -0.25) is 4.79 Å². The lowest BCUT2D eigenvalue weighted by atomic mass is 9.51. The van der Waals surface area contributed by atoms with Crippen molar-refractivity contribution in [2.75, 3.05) is 0 Å². The summed E-state index contributed by atoms with van der Waals surface area (Å²) < 4.78 is 12.8. The van der Waals surface area contributed by atoms with Gasteiger partial charge >= 0.3 is 5.97 Å². The molecule has 4 aromatic carbocycles. The molecule has 0 amide bonds. The van der Waals surface area contributed by atoms with Crippen molar-refractivity contribution < 1.29 is 29.6 Å². The lowest BCUT2D eigenvalue weighted by Crippen LogP contribution is -2.47. The highest BCUT2D eigenvalue weighted by Crippen LogP contribution is 2.64. The quantitative estimate of drug-likeness (QED) is 0.0536. The number of aliphatic hydroxyl groups excluding tert-OH is 1. The maximum absolute atomic E-state index is 11.4. The molecule has 74 heavy (non-hydrogen) atoms. The molecule has 4 aromatic rings. The van der Waals surface area contributed by atoms with Gasteiger partial charge in [-0.15, -0.1) is 6.58 Å². The predicted octanol–water partition coefficient (Wildman–Crippen LogP) is 16.8. The number of benzene rings is 4. The molecule has 6 heteroatoms. The van der Waals surface area contributed by atoms with E-state index in [9.17, 15) is 20.1 Å². The summed E-state index contributed by atoms with van der Waals surface area (Å²) in [7, 11) is 0. The fourth-order valence-corrected chi connectivity index (χ4v) is 16.1. The molecule has 398 valence electrons. The van der Waals surface area contributed by atoms with Gasteiger partial charge in [-0.05, 0) is 194 Å². The predicted molar refractivity (Wildman–Crippen MR) is 301 cm³/mol. The van der Waals surface area contributed by atoms with Crippen molar-refractivity contribution in [3.8, 4) is 11.5 Å². The van der Waals surface area contributed by atoms with Gasteiger partial charge in [0.05, 0.1) is 24.7 Å². The number of aliphatic carboxylic acids is 1. The van der Waals surface area contributed by atoms with Gasteiger partial charge < -0.3 is 24.8 Å². The molecule has 11 atom stereocenters. The lowest BCUT2D eigenvalue weighted by molar-refractivity contribution is -0.142. The number of carboxylic acids is 1. The zero-order chi connectivity index (χ0) is 51.7. The molecule has 0 radical (unpaired) electrons. The van der Waals surface area contributed by atoms with Crippen molar-refractivity contribution in [2.24, 2.45) is 46.3 Å². The van der Waals surface area contributed by atoms with Gasteiger partial charge in [0, 0.05) is 5.41 Å². The normalized spacial score (nSPS) is 28.8. The molecular formula is C68H90O6. The van der Waals surface area contributed by atoms with Crippen LogP contribution in [0.1, 0.15) is 195 Å². The van der Waals surface area contributed by atoms with Crippen molar-refractivity contribution >= 4 is 11.5 Å². The number of unbranched alkanes of at least 4 members (excludes halogenated alkanes) is 7. The highest BCUT2D eigenvalue weighted by atomic mass is 16.5. The molecule has 6 nitrogen and oxygen atoms in total. The van der Waals surface area contributed by atoms with Crippen molar-refractivity contribution in [3.05, 3.63) is 149 Å². The van der Waals surface area contributed by atoms with E-state index >= 15 is 0 Å². The Labute approximate surface area is 445 Å². The molecule has 6 unspecified atom stereocenters. The fraction of sp³-hybridized carbons (Fsp3) is 0.574. The molecule has 10 rings (SSSR count). The summed E-state index contributed by atoms with van der Waals surface area (Å²) in [5.41, 5.74) is 11.7. The number of phenols is 1. The first-order chi connectivity index (χ1) is 36.0. The summed E-state index contributed by atoms with van der Waals surface area (Å²) >= 11 is 0. The van der Waals surface area contributed by atoms with Crippen LogP contribution in [-0.2, 0) is 35.6 Å². The molecule has 0 bridgehead atoms. The van der Waals surface area contributed by atoms with Crippen LogP contribution in [0.15, 0.2) is 115 Å². The van der Waals surface area contributed by atoms with Crippen LogP contribution in [0.3, 0.4) is 0 Å². The topological polar surface area (TPSA) is 96.2 Å². The van der Waals surface area contributed by atoms with E-state index in [2.05, 4.69) is 112 Å². The Balaban J connectivity index is 0.000000182. The number of hydrogen-bond acceptors (Lipinski definition) is 5. The zero-order valence-corrected chi connectivity index (χ0v) is 45.5. The Hall–Kier alpha value is -4.65. The second-order valence-electron chi connectivity index (χ2n) is 24.4. The summed E-state index contributed by atoms with van der Waals surface area (Å²) in [6.45, 7) is 12.5. The summed E-state index contributed by atoms with van der Waals surface area (Å²) in [6, 6.07) is 33.9. The van der Waals surface area contributed by atoms with Gasteiger partial charge in [0.15, 0.2) is 0 Å². The van der Waals surface area contributed by atoms with Gasteiger partial charge in [0.2, 0.25) is 0 Å². The number of phenolic OH excluding ortho intramolecular Hbond substituents is 1. The first-order valence-electron chi connectivity index (χ1n) is 29.5. The maximum atomic E-state index is 11.4. The molecule has 0 spiro atoms. The Morgan fingerprint density at radius 2 is 1.43 bits per heavy atom. The summed E-state index contributed by atoms with van der Waals surface area (Å²) in [5, 5.41) is 30.5. The number of carbonyl (C=O) groups is 1. The molecule has 0 heterocycles. The van der Waals surface area contributed by atoms with E-state index in [1.165, 1.54) is 97.6 Å². The average molecular weight is 1000 g/mol. The monoisotopic (exact) mass is 1000 g/mol. The first kappa shape index (κ1) is 54.2. The Morgan fingerprint density at radius 1 is 0.743 bits per heavy atom. The molecule has 0 aromatic heterocycles. The molecule has 0 saturated heterocycles. The van der Waals surface area contributed by atoms with Crippen molar-refractivity contribution in [2.45, 2.75) is 200 Å². The van der Waals surface area contributed by atoms with E-state index in [-0.39, 0.29) is 22.9 Å². The van der Waals surface area contributed by atoms with E-state index in [0.717, 1.165) is 89.2 Å². The van der Waals surface area contributed by atoms with Gasteiger partial charge in [-0.25, -0.2) is 0 Å². The highest BCUT2D eigenvalue weighted by Gasteiger charge is 2.58. The number of ether oxygens (including phenoxy) is 2. The van der Waals surface area contributed by atoms with Crippen LogP contribution in [0.4, 0.5) is 0 Å². The number of aliphatic hydroxyl groups is 1. The zero-order valence-electron chi connectivity index (χ0n) is 45.5. The van der Waals surface area contributed by atoms with Gasteiger partial charge in [0.25, 0.3) is 0 Å². The molecule has 3 N–H and O–H groups in total. The molecule has 3 fully saturated rings. The van der Waals surface area contributed by atoms with E-state index in [1.54, 1.807) is 11.1 Å². The van der Waals surface area contributed by atoms with Crippen molar-refractivity contribution in [1.82, 2.24) is 0 Å². The van der Waals surface area contributed by atoms with Crippen LogP contribution >= 0.6 is 0 Å². The minimum absolute atomic E-state index is 0.0746. The smallest absolute Gasteiger partial charge is 0.306 e. The van der Waals surface area contributed by atoms with Crippen LogP contribution in [0.5, 0.6) is 11.5 Å². The summed E-state index contributed by atoms with van der Waals surface area (Å²) in [5.74, 6) is 4.42. The number of aryl methyl sites for hydroxylation is 2. The SMILES string of the molecule is C=CCC1=C2c3ccc(OCc4ccccc4)cc3CCC2C2CC[C@H](OCc3ccccc3)[C@@]2(C)C1.CCCCC(CCCCCCCCC[C@H]1C[C@@]2(C)C(CC[C@@H]2O)C2CCc3cc(O)ccc3C21)C(=O)O. The van der Waals surface area contributed by atoms with Gasteiger partial charge in [-0.2, -0.15) is 0 Å². The number of fused-ring (bicyclic) bond motifs is 10. The second-order valence-corrected chi connectivity index (χ2v) is 24.4. The Bertz CT molecular complexity index is 2500. The number of rotatable bonds is 22. The summed E-state index contributed by atoms with van der Waals surface area (Å²) in [6.07, 6.45) is 28.1. The minimum atomic E-state index is -0.610. The maximum Gasteiger partial charge on any atom is 0.306 e. The van der Waals surface area contributed by atoms with E-state index < -0.39 is 5.97 Å². The van der Waals surface area contributed by atoms with Gasteiger partial charge in [0.1, 0.15) is 18.1 Å². The van der Waals surface area contributed by atoms with Crippen LogP contribution < -0.4 is 4.74 Å². The third kappa shape index (κ3) is 12.1. The minimum Gasteiger partial charge on any atom is -0.508 e. The Morgan fingerprint density at radius 3 is 2.16 bits per heavy atom. The number of aromatic hydroxyl groups is 1. The first-order valence-corrected chi connectivity index (χ1v) is 29.5. The third-order valence-corrected chi connectivity index (χ3v) is 19.8. The van der Waals surface area contributed by atoms with Crippen LogP contribution in [-0.4, -0.2) is 33.5 Å². The number of carboxylic acid groups (broad SMARTS) is 1. The van der Waals surface area contributed by atoms with Crippen molar-refractivity contribution in [1.29, 1.82) is 0 Å². The standard InChI is InChI=1S/C35H38O2.C33H52O4/c1-3-10-28-22-35(2)32(19-20-33(35)37-24-26-13-8-5-9-14-26)31-17-15-27-21-29(16-18-30(27)34(28)31)36-23-25-11-6-4-7-12-25;1-3-4-12-23(32(36)37)13-10-8-6-5-7-9-11-14-25-22-33(2)29(19-20-30(33)35)28-17-15-24-21-26(34)16-18-27(24)31(25)28/h3-9,11-14,16,18,21,31-33H,1,10,15,17,19-20,22-24H2,2H3;16,18,21,23,25,28-31,34-35H,3-15,17,19-20,22H2,1-2H3,(H,36,37)/t31?,32?,33-,35-;23?,25-,28?,29?,30-,31?,33-/m00/s1. The van der Waals surface area contributed by atoms with Crippen LogP contribution in [0, 0.1) is 46.3 Å².